The Balaban J connectivity index is 1.43. The molecule has 6 aromatic rings. The van der Waals surface area contributed by atoms with Gasteiger partial charge in [-0.05, 0) is 91.0 Å². The first-order chi connectivity index (χ1) is 20.3. The van der Waals surface area contributed by atoms with E-state index in [0.29, 0.717) is 0 Å². The molecule has 0 aliphatic heterocycles. The highest BCUT2D eigenvalue weighted by Crippen LogP contribution is 2.58. The Morgan fingerprint density at radius 3 is 1.86 bits per heavy atom. The number of hydrogen-bond donors (Lipinski definition) is 0. The molecule has 0 N–H and O–H groups in total. The fourth-order valence-electron chi connectivity index (χ4n) is 8.09. The van der Waals surface area contributed by atoms with Crippen LogP contribution < -0.4 is 0 Å². The van der Waals surface area contributed by atoms with Crippen molar-refractivity contribution in [2.45, 2.75) is 51.4 Å². The summed E-state index contributed by atoms with van der Waals surface area (Å²) in [5.41, 5.74) is 16.6. The molecule has 2 aliphatic rings. The Hall–Kier alpha value is -4.42. The van der Waals surface area contributed by atoms with Crippen LogP contribution in [0.15, 0.2) is 121 Å². The molecule has 0 aromatic heterocycles. The van der Waals surface area contributed by atoms with E-state index in [0.717, 1.165) is 0 Å². The topological polar surface area (TPSA) is 0 Å². The first-order valence-electron chi connectivity index (χ1n) is 15.2. The maximum atomic E-state index is 2.56. The number of rotatable bonds is 3. The molecule has 0 nitrogen and oxygen atoms in total. The van der Waals surface area contributed by atoms with Crippen molar-refractivity contribution in [2.24, 2.45) is 0 Å². The highest BCUT2D eigenvalue weighted by molar-refractivity contribution is 6.05. The van der Waals surface area contributed by atoms with E-state index in [9.17, 15) is 0 Å². The van der Waals surface area contributed by atoms with Crippen molar-refractivity contribution in [3.63, 3.8) is 0 Å². The summed E-state index contributed by atoms with van der Waals surface area (Å²) in [6.07, 6.45) is 0. The predicted molar refractivity (Wildman–Crippen MR) is 178 cm³/mol. The number of aryl methyl sites for hydroxylation is 1. The lowest BCUT2D eigenvalue weighted by molar-refractivity contribution is 0.651. The van der Waals surface area contributed by atoms with Gasteiger partial charge in [-0.2, -0.15) is 0 Å². The van der Waals surface area contributed by atoms with Gasteiger partial charge in [-0.15, -0.1) is 0 Å². The van der Waals surface area contributed by atoms with Gasteiger partial charge in [0.15, 0.2) is 0 Å². The lowest BCUT2D eigenvalue weighted by Gasteiger charge is -2.26. The summed E-state index contributed by atoms with van der Waals surface area (Å²) in [6.45, 7) is 11.8. The molecule has 0 radical (unpaired) electrons. The molecule has 204 valence electrons. The SMILES string of the molecule is Cc1cccc(C(c2ccccc2)c2cc3c(c4ccccc24)-c2cc4c(cc2C3(C)C)-c2ccccc2C4(C)C)c1. The third-order valence-electron chi connectivity index (χ3n) is 10.2. The summed E-state index contributed by atoms with van der Waals surface area (Å²) in [5.74, 6) is 0.150. The summed E-state index contributed by atoms with van der Waals surface area (Å²) in [6, 6.07) is 45.9. The van der Waals surface area contributed by atoms with E-state index in [1.54, 1.807) is 0 Å². The van der Waals surface area contributed by atoms with Crippen LogP contribution in [0.25, 0.3) is 33.0 Å². The van der Waals surface area contributed by atoms with Crippen LogP contribution in [-0.2, 0) is 10.8 Å². The Bertz CT molecular complexity index is 2040. The second-order valence-electron chi connectivity index (χ2n) is 13.4. The zero-order valence-electron chi connectivity index (χ0n) is 25.1. The molecule has 2 aliphatic carbocycles. The van der Waals surface area contributed by atoms with Crippen molar-refractivity contribution in [3.8, 4) is 22.3 Å². The van der Waals surface area contributed by atoms with Gasteiger partial charge < -0.3 is 0 Å². The minimum Gasteiger partial charge on any atom is -0.0622 e. The molecule has 0 saturated carbocycles. The fourth-order valence-corrected chi connectivity index (χ4v) is 8.09. The van der Waals surface area contributed by atoms with Crippen molar-refractivity contribution in [1.29, 1.82) is 0 Å². The summed E-state index contributed by atoms with van der Waals surface area (Å²) >= 11 is 0. The van der Waals surface area contributed by atoms with Crippen LogP contribution in [-0.4, -0.2) is 0 Å². The molecule has 0 bridgehead atoms. The molecule has 42 heavy (non-hydrogen) atoms. The lowest BCUT2D eigenvalue weighted by atomic mass is 9.76. The van der Waals surface area contributed by atoms with Crippen LogP contribution in [0.1, 0.15) is 78.1 Å². The molecule has 0 fully saturated rings. The highest BCUT2D eigenvalue weighted by Gasteiger charge is 2.42. The summed E-state index contributed by atoms with van der Waals surface area (Å²) in [5, 5.41) is 2.71. The van der Waals surface area contributed by atoms with Crippen molar-refractivity contribution in [1.82, 2.24) is 0 Å². The van der Waals surface area contributed by atoms with Gasteiger partial charge in [-0.1, -0.05) is 142 Å². The van der Waals surface area contributed by atoms with E-state index >= 15 is 0 Å². The predicted octanol–water partition coefficient (Wildman–Crippen LogP) is 10.9. The van der Waals surface area contributed by atoms with E-state index in [-0.39, 0.29) is 16.7 Å². The van der Waals surface area contributed by atoms with E-state index < -0.39 is 0 Å². The second kappa shape index (κ2) is 8.79. The molecule has 6 aromatic carbocycles. The second-order valence-corrected chi connectivity index (χ2v) is 13.4. The molecule has 0 saturated heterocycles. The molecule has 0 heterocycles. The van der Waals surface area contributed by atoms with Gasteiger partial charge in [0.25, 0.3) is 0 Å². The first-order valence-corrected chi connectivity index (χ1v) is 15.2. The van der Waals surface area contributed by atoms with Gasteiger partial charge in [0.05, 0.1) is 0 Å². The molecule has 8 rings (SSSR count). The fraction of sp³-hybridized carbons (Fsp3) is 0.190. The number of fused-ring (bicyclic) bond motifs is 8. The standard InChI is InChI=1S/C42H36/c1-26-14-13-17-28(22-26)39(27-15-7-6-8-16-27)33-24-38-40(31-20-10-9-18-29(31)33)34-25-36-32(23-37(34)42(38,4)5)30-19-11-12-21-35(30)41(36,2)3/h6-25,39H,1-5H3. The molecule has 1 atom stereocenters. The Morgan fingerprint density at radius 2 is 1.07 bits per heavy atom. The van der Waals surface area contributed by atoms with Crippen LogP contribution in [0.4, 0.5) is 0 Å². The highest BCUT2D eigenvalue weighted by atomic mass is 14.5. The summed E-state index contributed by atoms with van der Waals surface area (Å²) in [7, 11) is 0. The van der Waals surface area contributed by atoms with E-state index in [4.69, 9.17) is 0 Å². The summed E-state index contributed by atoms with van der Waals surface area (Å²) in [4.78, 5) is 0. The normalized spacial score (nSPS) is 16.0. The van der Waals surface area contributed by atoms with Crippen molar-refractivity contribution in [3.05, 3.63) is 166 Å². The maximum absolute atomic E-state index is 2.56. The van der Waals surface area contributed by atoms with Gasteiger partial charge in [-0.3, -0.25) is 0 Å². The van der Waals surface area contributed by atoms with Gasteiger partial charge >= 0.3 is 0 Å². The smallest absolute Gasteiger partial charge is 0.0346 e. The van der Waals surface area contributed by atoms with Crippen LogP contribution in [0, 0.1) is 6.92 Å². The molecular weight excluding hydrogens is 504 g/mol. The monoisotopic (exact) mass is 540 g/mol. The molecular formula is C42H36. The minimum atomic E-state index is -0.117. The van der Waals surface area contributed by atoms with Gasteiger partial charge in [0, 0.05) is 16.7 Å². The molecule has 0 spiro atoms. The average molecular weight is 541 g/mol. The van der Waals surface area contributed by atoms with Gasteiger partial charge in [0.1, 0.15) is 0 Å². The number of hydrogen-bond acceptors (Lipinski definition) is 0. The zero-order chi connectivity index (χ0) is 28.8. The summed E-state index contributed by atoms with van der Waals surface area (Å²) < 4.78 is 0. The van der Waals surface area contributed by atoms with E-state index in [2.05, 4.69) is 156 Å². The molecule has 0 amide bonds. The largest absolute Gasteiger partial charge is 0.0622 e. The van der Waals surface area contributed by atoms with Crippen molar-refractivity contribution < 1.29 is 0 Å². The van der Waals surface area contributed by atoms with E-state index in [1.165, 1.54) is 77.5 Å². The van der Waals surface area contributed by atoms with E-state index in [1.807, 2.05) is 0 Å². The molecule has 1 unspecified atom stereocenters. The van der Waals surface area contributed by atoms with Crippen molar-refractivity contribution in [2.75, 3.05) is 0 Å². The van der Waals surface area contributed by atoms with Crippen LogP contribution in [0.5, 0.6) is 0 Å². The Labute approximate surface area is 249 Å². The Morgan fingerprint density at radius 1 is 0.452 bits per heavy atom. The van der Waals surface area contributed by atoms with Gasteiger partial charge in [-0.25, -0.2) is 0 Å². The van der Waals surface area contributed by atoms with Crippen LogP contribution in [0.2, 0.25) is 0 Å². The van der Waals surface area contributed by atoms with Crippen molar-refractivity contribution >= 4 is 10.8 Å². The minimum absolute atomic E-state index is 0.0207. The average Bonchev–Trinajstić information content (AvgIpc) is 3.36. The third-order valence-corrected chi connectivity index (χ3v) is 10.2. The molecule has 0 heteroatoms. The van der Waals surface area contributed by atoms with Crippen LogP contribution in [0.3, 0.4) is 0 Å². The van der Waals surface area contributed by atoms with Gasteiger partial charge in [0.2, 0.25) is 0 Å². The number of benzene rings is 6. The lowest BCUT2D eigenvalue weighted by Crippen LogP contribution is -2.17. The zero-order valence-corrected chi connectivity index (χ0v) is 25.1. The Kier molecular flexibility index (Phi) is 5.30. The quantitative estimate of drug-likeness (QED) is 0.196. The maximum Gasteiger partial charge on any atom is 0.0346 e. The van der Waals surface area contributed by atoms with Crippen LogP contribution >= 0.6 is 0 Å². The first kappa shape index (κ1) is 25.3. The third kappa shape index (κ3) is 3.42.